The number of anilines is 1. The highest BCUT2D eigenvalue weighted by molar-refractivity contribution is 5.71. The highest BCUT2D eigenvalue weighted by Crippen LogP contribution is 2.33. The number of benzene rings is 1. The molecule has 184 valence electrons. The van der Waals surface area contributed by atoms with Gasteiger partial charge in [-0.05, 0) is 42.0 Å². The molecule has 1 aliphatic rings. The van der Waals surface area contributed by atoms with Crippen LogP contribution in [0.2, 0.25) is 0 Å². The van der Waals surface area contributed by atoms with Crippen molar-refractivity contribution in [1.29, 1.82) is 0 Å². The molecule has 1 atom stereocenters. The number of hydrogen-bond acceptors (Lipinski definition) is 9. The molecule has 0 radical (unpaired) electrons. The fraction of sp³-hybridized carbons (Fsp3) is 0.346. The van der Waals surface area contributed by atoms with Crippen molar-refractivity contribution in [3.63, 3.8) is 0 Å². The fourth-order valence-electron chi connectivity index (χ4n) is 4.25. The minimum Gasteiger partial charge on any atom is -0.502 e. The van der Waals surface area contributed by atoms with Gasteiger partial charge in [-0.1, -0.05) is 0 Å². The van der Waals surface area contributed by atoms with Crippen molar-refractivity contribution >= 4 is 11.7 Å². The first kappa shape index (κ1) is 24.3. The van der Waals surface area contributed by atoms with Gasteiger partial charge in [0.25, 0.3) is 0 Å². The summed E-state index contributed by atoms with van der Waals surface area (Å²) in [7, 11) is 2.94. The first-order chi connectivity index (χ1) is 17.0. The van der Waals surface area contributed by atoms with E-state index in [0.717, 1.165) is 37.6 Å². The molecular formula is C26H29N3O6. The molecule has 1 saturated heterocycles. The Labute approximate surface area is 203 Å². The third-order valence-electron chi connectivity index (χ3n) is 6.21. The standard InChI is InChI=1S/C26H29N3O6/c1-33-20-5-3-19(4-6-20)29-13-11-28(12-14-29)17-21-15-23(30)25(32)26(35-21)22(16-24(31)34-2)18-7-9-27-10-8-18/h3-10,15,22,32H,11-14,16-17H2,1-2H3. The van der Waals surface area contributed by atoms with Crippen molar-refractivity contribution in [3.8, 4) is 11.5 Å². The quantitative estimate of drug-likeness (QED) is 0.488. The molecule has 1 fully saturated rings. The van der Waals surface area contributed by atoms with Crippen molar-refractivity contribution in [2.75, 3.05) is 45.3 Å². The molecule has 9 nitrogen and oxygen atoms in total. The molecule has 0 aliphatic carbocycles. The summed E-state index contributed by atoms with van der Waals surface area (Å²) in [5, 5.41) is 10.5. The molecule has 1 aliphatic heterocycles. The fourth-order valence-corrected chi connectivity index (χ4v) is 4.25. The summed E-state index contributed by atoms with van der Waals surface area (Å²) in [6, 6.07) is 12.7. The monoisotopic (exact) mass is 479 g/mol. The summed E-state index contributed by atoms with van der Waals surface area (Å²) in [5.41, 5.74) is 1.28. The Morgan fingerprint density at radius 1 is 1.09 bits per heavy atom. The molecule has 3 aromatic rings. The lowest BCUT2D eigenvalue weighted by atomic mass is 9.93. The zero-order chi connectivity index (χ0) is 24.8. The molecule has 1 aromatic carbocycles. The third kappa shape index (κ3) is 5.81. The number of nitrogens with zero attached hydrogens (tertiary/aromatic N) is 3. The van der Waals surface area contributed by atoms with Crippen LogP contribution < -0.4 is 15.1 Å². The van der Waals surface area contributed by atoms with Crippen molar-refractivity contribution in [2.45, 2.75) is 18.9 Å². The molecule has 9 heteroatoms. The lowest BCUT2D eigenvalue weighted by Gasteiger charge is -2.36. The van der Waals surface area contributed by atoms with Crippen LogP contribution in [0, 0.1) is 0 Å². The molecule has 2 aromatic heterocycles. The molecule has 0 spiro atoms. The van der Waals surface area contributed by atoms with Gasteiger partial charge in [0.1, 0.15) is 11.5 Å². The summed E-state index contributed by atoms with van der Waals surface area (Å²) in [4.78, 5) is 33.2. The van der Waals surface area contributed by atoms with Crippen LogP contribution in [0.1, 0.15) is 29.4 Å². The SMILES string of the molecule is COC(=O)CC(c1ccncc1)c1oc(CN2CCN(c3ccc(OC)cc3)CC2)cc(=O)c1O. The number of pyridine rings is 1. The van der Waals surface area contributed by atoms with Crippen molar-refractivity contribution in [2.24, 2.45) is 0 Å². The van der Waals surface area contributed by atoms with E-state index in [-0.39, 0.29) is 12.2 Å². The number of esters is 1. The van der Waals surface area contributed by atoms with E-state index in [1.165, 1.54) is 13.2 Å². The van der Waals surface area contributed by atoms with Crippen LogP contribution in [-0.4, -0.2) is 61.4 Å². The van der Waals surface area contributed by atoms with Gasteiger partial charge in [0, 0.05) is 50.3 Å². The van der Waals surface area contributed by atoms with Crippen LogP contribution in [0.4, 0.5) is 5.69 Å². The number of rotatable bonds is 8. The predicted octanol–water partition coefficient (Wildman–Crippen LogP) is 2.77. The molecule has 4 rings (SSSR count). The summed E-state index contributed by atoms with van der Waals surface area (Å²) in [6.07, 6.45) is 3.09. The van der Waals surface area contributed by atoms with E-state index in [0.29, 0.717) is 17.9 Å². The maximum Gasteiger partial charge on any atom is 0.306 e. The van der Waals surface area contributed by atoms with Crippen LogP contribution in [0.15, 0.2) is 64.1 Å². The first-order valence-electron chi connectivity index (χ1n) is 11.4. The Morgan fingerprint density at radius 2 is 1.77 bits per heavy atom. The van der Waals surface area contributed by atoms with Gasteiger partial charge in [-0.3, -0.25) is 19.5 Å². The third-order valence-corrected chi connectivity index (χ3v) is 6.21. The second-order valence-corrected chi connectivity index (χ2v) is 8.36. The zero-order valence-corrected chi connectivity index (χ0v) is 19.8. The molecule has 0 bridgehead atoms. The molecular weight excluding hydrogens is 450 g/mol. The molecule has 3 heterocycles. The topological polar surface area (TPSA) is 105 Å². The summed E-state index contributed by atoms with van der Waals surface area (Å²) < 4.78 is 16.1. The second-order valence-electron chi connectivity index (χ2n) is 8.36. The number of aromatic hydroxyl groups is 1. The normalized spacial score (nSPS) is 15.0. The number of methoxy groups -OCH3 is 2. The van der Waals surface area contributed by atoms with E-state index in [1.54, 1.807) is 31.6 Å². The Bertz CT molecular complexity index is 1190. The molecule has 0 amide bonds. The Balaban J connectivity index is 1.50. The maximum atomic E-state index is 12.6. The Morgan fingerprint density at radius 3 is 2.40 bits per heavy atom. The van der Waals surface area contributed by atoms with Gasteiger partial charge in [0.05, 0.1) is 33.1 Å². The van der Waals surface area contributed by atoms with E-state index < -0.39 is 23.1 Å². The largest absolute Gasteiger partial charge is 0.502 e. The van der Waals surface area contributed by atoms with Crippen molar-refractivity contribution in [3.05, 3.63) is 82.2 Å². The first-order valence-corrected chi connectivity index (χ1v) is 11.4. The highest BCUT2D eigenvalue weighted by atomic mass is 16.5. The van der Waals surface area contributed by atoms with Gasteiger partial charge in [0.2, 0.25) is 11.2 Å². The van der Waals surface area contributed by atoms with Crippen LogP contribution in [0.3, 0.4) is 0 Å². The van der Waals surface area contributed by atoms with Crippen molar-refractivity contribution in [1.82, 2.24) is 9.88 Å². The van der Waals surface area contributed by atoms with E-state index in [9.17, 15) is 14.7 Å². The van der Waals surface area contributed by atoms with Gasteiger partial charge < -0.3 is 23.9 Å². The van der Waals surface area contributed by atoms with Crippen LogP contribution in [0.25, 0.3) is 0 Å². The highest BCUT2D eigenvalue weighted by Gasteiger charge is 2.27. The Hall–Kier alpha value is -3.85. The molecule has 1 N–H and O–H groups in total. The smallest absolute Gasteiger partial charge is 0.306 e. The minimum atomic E-state index is -0.676. The van der Waals surface area contributed by atoms with Crippen LogP contribution >= 0.6 is 0 Å². The Kier molecular flexibility index (Phi) is 7.67. The molecule has 35 heavy (non-hydrogen) atoms. The number of piperazine rings is 1. The van der Waals surface area contributed by atoms with Gasteiger partial charge in [-0.15, -0.1) is 0 Å². The van der Waals surface area contributed by atoms with E-state index in [2.05, 4.69) is 14.8 Å². The number of carbonyl (C=O) groups excluding carboxylic acids is 1. The van der Waals surface area contributed by atoms with E-state index >= 15 is 0 Å². The average molecular weight is 480 g/mol. The van der Waals surface area contributed by atoms with Crippen LogP contribution in [-0.2, 0) is 16.1 Å². The average Bonchev–Trinajstić information content (AvgIpc) is 2.90. The van der Waals surface area contributed by atoms with Gasteiger partial charge in [-0.2, -0.15) is 0 Å². The summed E-state index contributed by atoms with van der Waals surface area (Å²) >= 11 is 0. The summed E-state index contributed by atoms with van der Waals surface area (Å²) in [5.74, 6) is -0.337. The molecule has 0 saturated carbocycles. The lowest BCUT2D eigenvalue weighted by molar-refractivity contribution is -0.140. The number of aromatic nitrogens is 1. The van der Waals surface area contributed by atoms with Crippen LogP contribution in [0.5, 0.6) is 11.5 Å². The number of hydrogen-bond donors (Lipinski definition) is 1. The molecule has 1 unspecified atom stereocenters. The lowest BCUT2D eigenvalue weighted by Crippen LogP contribution is -2.46. The number of carbonyl (C=O) groups is 1. The van der Waals surface area contributed by atoms with Crippen molar-refractivity contribution < 1.29 is 23.8 Å². The van der Waals surface area contributed by atoms with E-state index in [4.69, 9.17) is 13.9 Å². The number of ether oxygens (including phenoxy) is 2. The van der Waals surface area contributed by atoms with Gasteiger partial charge in [-0.25, -0.2) is 0 Å². The maximum absolute atomic E-state index is 12.6. The zero-order valence-electron chi connectivity index (χ0n) is 19.8. The summed E-state index contributed by atoms with van der Waals surface area (Å²) in [6.45, 7) is 3.62. The second kappa shape index (κ2) is 11.1. The van der Waals surface area contributed by atoms with Gasteiger partial charge in [0.15, 0.2) is 5.76 Å². The van der Waals surface area contributed by atoms with Gasteiger partial charge >= 0.3 is 5.97 Å². The minimum absolute atomic E-state index is 0.0565. The predicted molar refractivity (Wildman–Crippen MR) is 130 cm³/mol. The van der Waals surface area contributed by atoms with E-state index in [1.807, 2.05) is 24.3 Å².